The van der Waals surface area contributed by atoms with Gasteiger partial charge in [0.1, 0.15) is 12.2 Å². The first-order valence-corrected chi connectivity index (χ1v) is 7.11. The van der Waals surface area contributed by atoms with E-state index in [0.29, 0.717) is 0 Å². The molecule has 2 atom stereocenters. The van der Waals surface area contributed by atoms with Gasteiger partial charge in [-0.1, -0.05) is 0 Å². The Morgan fingerprint density at radius 2 is 1.94 bits per heavy atom. The summed E-state index contributed by atoms with van der Waals surface area (Å²) in [6, 6.07) is 0. The van der Waals surface area contributed by atoms with Crippen LogP contribution in [0.4, 0.5) is 0 Å². The fourth-order valence-corrected chi connectivity index (χ4v) is 3.42. The van der Waals surface area contributed by atoms with E-state index in [1.165, 1.54) is 4.90 Å². The molecule has 0 saturated carbocycles. The van der Waals surface area contributed by atoms with Crippen LogP contribution in [-0.4, -0.2) is 57.6 Å². The zero-order valence-corrected chi connectivity index (χ0v) is 11.4. The first-order chi connectivity index (χ1) is 8.58. The van der Waals surface area contributed by atoms with Gasteiger partial charge in [-0.2, -0.15) is 0 Å². The van der Waals surface area contributed by atoms with E-state index in [2.05, 4.69) is 19.4 Å². The Balaban J connectivity index is 1.85. The number of hydrogen-bond donors (Lipinski definition) is 3. The molecule has 3 heterocycles. The fourth-order valence-electron chi connectivity index (χ4n) is 3.42. The molecule has 0 aromatic carbocycles. The third-order valence-corrected chi connectivity index (χ3v) is 4.71. The van der Waals surface area contributed by atoms with Crippen molar-refractivity contribution >= 4 is 11.6 Å². The lowest BCUT2D eigenvalue weighted by atomic mass is 9.87. The number of hydrogen-bond acceptors (Lipinski definition) is 2. The number of carbonyl (C=O) groups is 1. The summed E-state index contributed by atoms with van der Waals surface area (Å²) in [6.07, 6.45) is 2.93. The van der Waals surface area contributed by atoms with Gasteiger partial charge in [0.25, 0.3) is 0 Å². The Bertz CT molecular complexity index is 384. The van der Waals surface area contributed by atoms with Crippen LogP contribution in [0, 0.1) is 5.92 Å². The number of likely N-dealkylation sites (tertiary alicyclic amines) is 2. The van der Waals surface area contributed by atoms with Crippen molar-refractivity contribution in [2.24, 2.45) is 10.9 Å². The first kappa shape index (κ1) is 12.1. The molecule has 2 fully saturated rings. The van der Waals surface area contributed by atoms with Crippen LogP contribution in [0.3, 0.4) is 0 Å². The molecule has 5 heteroatoms. The molecule has 2 unspecified atom stereocenters. The zero-order valence-electron chi connectivity index (χ0n) is 11.4. The highest BCUT2D eigenvalue weighted by molar-refractivity contribution is 6.07. The molecule has 0 aromatic rings. The van der Waals surface area contributed by atoms with Crippen LogP contribution >= 0.6 is 0 Å². The highest BCUT2D eigenvalue weighted by atomic mass is 16.2. The van der Waals surface area contributed by atoms with Gasteiger partial charge in [-0.25, -0.2) is 0 Å². The molecule has 1 amide bonds. The Labute approximate surface area is 108 Å². The minimum Gasteiger partial charge on any atom is -0.337 e. The maximum absolute atomic E-state index is 12.3. The van der Waals surface area contributed by atoms with Gasteiger partial charge in [-0.05, 0) is 0 Å². The minimum atomic E-state index is -0.264. The quantitative estimate of drug-likeness (QED) is 0.425. The van der Waals surface area contributed by atoms with Crippen LogP contribution in [0.1, 0.15) is 19.3 Å². The molecule has 18 heavy (non-hydrogen) atoms. The standard InChI is InChI=1S/C13H22N4O/c1-16-7-4-13(5-8-16)14-11-9-17(2)6-3-10(11)12(18)15-13/h10H,3-9H2,1-2H3,(H,15,18)/p+2. The first-order valence-electron chi connectivity index (χ1n) is 7.11. The number of fused-ring (bicyclic) bond motifs is 1. The Kier molecular flexibility index (Phi) is 2.90. The summed E-state index contributed by atoms with van der Waals surface area (Å²) in [7, 11) is 4.41. The highest BCUT2D eigenvalue weighted by Gasteiger charge is 2.45. The van der Waals surface area contributed by atoms with E-state index >= 15 is 0 Å². The van der Waals surface area contributed by atoms with Gasteiger partial charge in [0.05, 0.1) is 45.4 Å². The van der Waals surface area contributed by atoms with Crippen molar-refractivity contribution in [1.82, 2.24) is 5.32 Å². The van der Waals surface area contributed by atoms with E-state index in [1.807, 2.05) is 0 Å². The van der Waals surface area contributed by atoms with Gasteiger partial charge in [0.2, 0.25) is 5.91 Å². The van der Waals surface area contributed by atoms with Crippen LogP contribution in [0.2, 0.25) is 0 Å². The SMILES string of the molecule is C[NH+]1CCC2(CC1)N=C1C[NH+](C)CCC1C(=O)N2. The van der Waals surface area contributed by atoms with Crippen LogP contribution in [0.5, 0.6) is 0 Å². The molecule has 3 aliphatic rings. The maximum Gasteiger partial charge on any atom is 0.231 e. The van der Waals surface area contributed by atoms with Gasteiger partial charge in [-0.3, -0.25) is 9.79 Å². The molecular formula is C13H24N4O+2. The highest BCUT2D eigenvalue weighted by Crippen LogP contribution is 2.26. The van der Waals surface area contributed by atoms with Crippen LogP contribution in [-0.2, 0) is 4.79 Å². The second-order valence-corrected chi connectivity index (χ2v) is 6.31. The monoisotopic (exact) mass is 252 g/mol. The Morgan fingerprint density at radius 3 is 2.67 bits per heavy atom. The maximum atomic E-state index is 12.3. The van der Waals surface area contributed by atoms with Crippen molar-refractivity contribution in [2.75, 3.05) is 40.3 Å². The number of nitrogens with one attached hydrogen (secondary N) is 3. The van der Waals surface area contributed by atoms with Crippen molar-refractivity contribution in [2.45, 2.75) is 24.9 Å². The van der Waals surface area contributed by atoms with Gasteiger partial charge < -0.3 is 15.1 Å². The topological polar surface area (TPSA) is 50.3 Å². The number of aliphatic imine (C=N–C) groups is 1. The van der Waals surface area contributed by atoms with E-state index in [4.69, 9.17) is 4.99 Å². The Hall–Kier alpha value is -0.940. The number of quaternary nitrogens is 2. The molecule has 3 aliphatic heterocycles. The average Bonchev–Trinajstić information content (AvgIpc) is 2.33. The van der Waals surface area contributed by atoms with Gasteiger partial charge in [-0.15, -0.1) is 0 Å². The van der Waals surface area contributed by atoms with E-state index in [0.717, 1.165) is 51.2 Å². The van der Waals surface area contributed by atoms with Crippen molar-refractivity contribution in [3.63, 3.8) is 0 Å². The predicted octanol–water partition coefficient (Wildman–Crippen LogP) is -2.90. The summed E-state index contributed by atoms with van der Waals surface area (Å²) in [6.45, 7) is 4.23. The summed E-state index contributed by atoms with van der Waals surface area (Å²) >= 11 is 0. The number of carbonyl (C=O) groups excluding carboxylic acids is 1. The number of nitrogens with zero attached hydrogens (tertiary/aromatic N) is 1. The molecule has 3 rings (SSSR count). The largest absolute Gasteiger partial charge is 0.337 e. The lowest BCUT2D eigenvalue weighted by molar-refractivity contribution is -0.886. The zero-order chi connectivity index (χ0) is 12.8. The third kappa shape index (κ3) is 2.06. The molecule has 0 bridgehead atoms. The summed E-state index contributed by atoms with van der Waals surface area (Å²) in [5.41, 5.74) is 0.891. The lowest BCUT2D eigenvalue weighted by Gasteiger charge is -2.42. The fraction of sp³-hybridized carbons (Fsp3) is 0.846. The van der Waals surface area contributed by atoms with Gasteiger partial charge in [0, 0.05) is 19.3 Å². The van der Waals surface area contributed by atoms with Crippen molar-refractivity contribution in [3.05, 3.63) is 0 Å². The third-order valence-electron chi connectivity index (χ3n) is 4.71. The molecule has 2 saturated heterocycles. The minimum absolute atomic E-state index is 0.0614. The normalized spacial score (nSPS) is 44.2. The summed E-state index contributed by atoms with van der Waals surface area (Å²) < 4.78 is 0. The Morgan fingerprint density at radius 1 is 1.22 bits per heavy atom. The molecule has 0 radical (unpaired) electrons. The van der Waals surface area contributed by atoms with Crippen LogP contribution in [0.15, 0.2) is 4.99 Å². The molecule has 3 N–H and O–H groups in total. The lowest BCUT2D eigenvalue weighted by Crippen LogP contribution is -3.12. The van der Waals surface area contributed by atoms with E-state index < -0.39 is 0 Å². The average molecular weight is 252 g/mol. The summed E-state index contributed by atoms with van der Waals surface area (Å²) in [5, 5.41) is 3.22. The summed E-state index contributed by atoms with van der Waals surface area (Å²) in [4.78, 5) is 20.3. The van der Waals surface area contributed by atoms with Gasteiger partial charge in [0.15, 0.2) is 0 Å². The number of piperidine rings is 2. The van der Waals surface area contributed by atoms with Crippen molar-refractivity contribution in [1.29, 1.82) is 0 Å². The van der Waals surface area contributed by atoms with Crippen molar-refractivity contribution in [3.8, 4) is 0 Å². The predicted molar refractivity (Wildman–Crippen MR) is 68.9 cm³/mol. The van der Waals surface area contributed by atoms with Crippen LogP contribution in [0.25, 0.3) is 0 Å². The van der Waals surface area contributed by atoms with E-state index in [9.17, 15) is 4.79 Å². The number of rotatable bonds is 0. The molecule has 0 aromatic heterocycles. The summed E-state index contributed by atoms with van der Waals surface area (Å²) in [5.74, 6) is 0.290. The van der Waals surface area contributed by atoms with E-state index in [-0.39, 0.29) is 17.5 Å². The second kappa shape index (κ2) is 4.31. The van der Waals surface area contributed by atoms with Crippen LogP contribution < -0.4 is 15.1 Å². The molecule has 1 spiro atoms. The second-order valence-electron chi connectivity index (χ2n) is 6.31. The number of amides is 1. The van der Waals surface area contributed by atoms with Gasteiger partial charge >= 0.3 is 0 Å². The molecule has 5 nitrogen and oxygen atoms in total. The molecule has 0 aliphatic carbocycles. The smallest absolute Gasteiger partial charge is 0.231 e. The molecular weight excluding hydrogens is 228 g/mol. The van der Waals surface area contributed by atoms with E-state index in [1.54, 1.807) is 4.90 Å². The van der Waals surface area contributed by atoms with Crippen molar-refractivity contribution < 1.29 is 14.6 Å². The molecule has 100 valence electrons.